The Hall–Kier alpha value is -1.39. The summed E-state index contributed by atoms with van der Waals surface area (Å²) in [5.74, 6) is 0.625. The second-order valence-electron chi connectivity index (χ2n) is 3.85. The zero-order chi connectivity index (χ0) is 11.4. The zero-order valence-electron chi connectivity index (χ0n) is 9.26. The highest BCUT2D eigenvalue weighted by Gasteiger charge is 2.04. The molecule has 0 amide bonds. The Kier molecular flexibility index (Phi) is 3.54. The maximum Gasteiger partial charge on any atom is 0.127 e. The fraction of sp³-hybridized carbons (Fsp3) is 0.250. The van der Waals surface area contributed by atoms with Gasteiger partial charge < -0.3 is 5.73 Å². The van der Waals surface area contributed by atoms with Crippen LogP contribution in [0.1, 0.15) is 11.1 Å². The van der Waals surface area contributed by atoms with Gasteiger partial charge in [0.25, 0.3) is 0 Å². The summed E-state index contributed by atoms with van der Waals surface area (Å²) in [7, 11) is 2.09. The van der Waals surface area contributed by atoms with Crippen molar-refractivity contribution in [1.29, 1.82) is 0 Å². The van der Waals surface area contributed by atoms with Gasteiger partial charge in [-0.05, 0) is 35.5 Å². The van der Waals surface area contributed by atoms with Crippen LogP contribution in [0.5, 0.6) is 0 Å². The predicted octanol–water partition coefficient (Wildman–Crippen LogP) is 2.36. The fourth-order valence-corrected chi connectivity index (χ4v) is 2.29. The molecule has 0 atom stereocenters. The second kappa shape index (κ2) is 5.09. The third-order valence-electron chi connectivity index (χ3n) is 2.40. The smallest absolute Gasteiger partial charge is 0.127 e. The molecule has 2 heterocycles. The molecule has 2 aromatic rings. The molecule has 0 radical (unpaired) electrons. The molecule has 3 nitrogen and oxygen atoms in total. The molecule has 0 bridgehead atoms. The first-order valence-electron chi connectivity index (χ1n) is 5.14. The highest BCUT2D eigenvalue weighted by Crippen LogP contribution is 2.13. The molecule has 2 rings (SSSR count). The van der Waals surface area contributed by atoms with E-state index >= 15 is 0 Å². The van der Waals surface area contributed by atoms with Crippen molar-refractivity contribution in [2.24, 2.45) is 0 Å². The minimum atomic E-state index is 0.625. The van der Waals surface area contributed by atoms with Crippen LogP contribution in [0, 0.1) is 0 Å². The van der Waals surface area contributed by atoms with Gasteiger partial charge in [-0.15, -0.1) is 0 Å². The Balaban J connectivity index is 1.97. The summed E-state index contributed by atoms with van der Waals surface area (Å²) >= 11 is 1.73. The summed E-state index contributed by atoms with van der Waals surface area (Å²) in [5.41, 5.74) is 8.23. The van der Waals surface area contributed by atoms with E-state index < -0.39 is 0 Å². The van der Waals surface area contributed by atoms with Gasteiger partial charge >= 0.3 is 0 Å². The van der Waals surface area contributed by atoms with Crippen LogP contribution < -0.4 is 5.73 Å². The molecule has 84 valence electrons. The number of anilines is 1. The maximum absolute atomic E-state index is 5.81. The number of pyridine rings is 1. The molecule has 0 aromatic carbocycles. The van der Waals surface area contributed by atoms with Crippen molar-refractivity contribution in [3.05, 3.63) is 46.3 Å². The van der Waals surface area contributed by atoms with Gasteiger partial charge in [-0.1, -0.05) is 6.07 Å². The van der Waals surface area contributed by atoms with Crippen LogP contribution in [-0.4, -0.2) is 16.9 Å². The van der Waals surface area contributed by atoms with Gasteiger partial charge in [0.2, 0.25) is 0 Å². The number of nitrogen functional groups attached to an aromatic ring is 1. The van der Waals surface area contributed by atoms with E-state index in [1.54, 1.807) is 17.5 Å². The number of rotatable bonds is 4. The van der Waals surface area contributed by atoms with Crippen LogP contribution in [0.4, 0.5) is 5.82 Å². The maximum atomic E-state index is 5.81. The lowest BCUT2D eigenvalue weighted by Gasteiger charge is -2.16. The van der Waals surface area contributed by atoms with Crippen LogP contribution in [0.3, 0.4) is 0 Å². The SMILES string of the molecule is CN(Cc1ccsc1)Cc1cccnc1N. The standard InChI is InChI=1S/C12H15N3S/c1-15(7-10-4-6-16-9-10)8-11-3-2-5-14-12(11)13/h2-6,9H,7-8H2,1H3,(H2,13,14). The van der Waals surface area contributed by atoms with Crippen LogP contribution in [-0.2, 0) is 13.1 Å². The molecule has 0 unspecified atom stereocenters. The molecule has 4 heteroatoms. The van der Waals surface area contributed by atoms with Gasteiger partial charge in [0.1, 0.15) is 5.82 Å². The summed E-state index contributed by atoms with van der Waals surface area (Å²) in [6, 6.07) is 6.09. The Labute approximate surface area is 99.5 Å². The molecule has 0 spiro atoms. The number of nitrogens with zero attached hydrogens (tertiary/aromatic N) is 2. The number of nitrogens with two attached hydrogens (primary N) is 1. The topological polar surface area (TPSA) is 42.2 Å². The van der Waals surface area contributed by atoms with Crippen molar-refractivity contribution in [3.8, 4) is 0 Å². The van der Waals surface area contributed by atoms with E-state index in [2.05, 4.69) is 33.8 Å². The third-order valence-corrected chi connectivity index (χ3v) is 3.13. The van der Waals surface area contributed by atoms with E-state index in [1.165, 1.54) is 5.56 Å². The summed E-state index contributed by atoms with van der Waals surface area (Å²) in [6.45, 7) is 1.77. The minimum absolute atomic E-state index is 0.625. The van der Waals surface area contributed by atoms with Crippen LogP contribution in [0.15, 0.2) is 35.2 Å². The molecule has 16 heavy (non-hydrogen) atoms. The Morgan fingerprint density at radius 2 is 2.25 bits per heavy atom. The van der Waals surface area contributed by atoms with Crippen molar-refractivity contribution < 1.29 is 0 Å². The summed E-state index contributed by atoms with van der Waals surface area (Å²) < 4.78 is 0. The van der Waals surface area contributed by atoms with E-state index in [1.807, 2.05) is 12.1 Å². The van der Waals surface area contributed by atoms with Crippen molar-refractivity contribution in [3.63, 3.8) is 0 Å². The van der Waals surface area contributed by atoms with E-state index in [0.29, 0.717) is 5.82 Å². The van der Waals surface area contributed by atoms with Gasteiger partial charge in [0.15, 0.2) is 0 Å². The van der Waals surface area contributed by atoms with Crippen molar-refractivity contribution in [2.45, 2.75) is 13.1 Å². The summed E-state index contributed by atoms with van der Waals surface area (Å²) in [5, 5.41) is 4.27. The first-order chi connectivity index (χ1) is 7.75. The number of hydrogen-bond donors (Lipinski definition) is 1. The predicted molar refractivity (Wildman–Crippen MR) is 68.1 cm³/mol. The molecule has 0 saturated heterocycles. The lowest BCUT2D eigenvalue weighted by atomic mass is 10.2. The molecule has 0 aliphatic heterocycles. The highest BCUT2D eigenvalue weighted by atomic mass is 32.1. The second-order valence-corrected chi connectivity index (χ2v) is 4.63. The first kappa shape index (κ1) is 11.1. The minimum Gasteiger partial charge on any atom is -0.383 e. The summed E-state index contributed by atoms with van der Waals surface area (Å²) in [6.07, 6.45) is 1.72. The molecule has 2 N–H and O–H groups in total. The quantitative estimate of drug-likeness (QED) is 0.881. The molecule has 0 fully saturated rings. The first-order valence-corrected chi connectivity index (χ1v) is 6.09. The van der Waals surface area contributed by atoms with Crippen molar-refractivity contribution in [1.82, 2.24) is 9.88 Å². The van der Waals surface area contributed by atoms with Gasteiger partial charge in [-0.2, -0.15) is 11.3 Å². The number of thiophene rings is 1. The largest absolute Gasteiger partial charge is 0.383 e. The molecular formula is C12H15N3S. The average molecular weight is 233 g/mol. The number of hydrogen-bond acceptors (Lipinski definition) is 4. The van der Waals surface area contributed by atoms with Crippen molar-refractivity contribution >= 4 is 17.2 Å². The van der Waals surface area contributed by atoms with Crippen LogP contribution in [0.25, 0.3) is 0 Å². The molecule has 2 aromatic heterocycles. The monoisotopic (exact) mass is 233 g/mol. The van der Waals surface area contributed by atoms with E-state index in [4.69, 9.17) is 5.73 Å². The molecule has 0 aliphatic carbocycles. The lowest BCUT2D eigenvalue weighted by molar-refractivity contribution is 0.320. The molecule has 0 aliphatic rings. The highest BCUT2D eigenvalue weighted by molar-refractivity contribution is 7.07. The fourth-order valence-electron chi connectivity index (χ4n) is 1.63. The Morgan fingerprint density at radius 3 is 2.94 bits per heavy atom. The van der Waals surface area contributed by atoms with E-state index in [0.717, 1.165) is 18.7 Å². The van der Waals surface area contributed by atoms with Crippen LogP contribution >= 0.6 is 11.3 Å². The normalized spacial score (nSPS) is 10.9. The lowest BCUT2D eigenvalue weighted by Crippen LogP contribution is -2.18. The third kappa shape index (κ3) is 2.81. The van der Waals surface area contributed by atoms with E-state index in [9.17, 15) is 0 Å². The van der Waals surface area contributed by atoms with Gasteiger partial charge in [0, 0.05) is 24.8 Å². The Bertz CT molecular complexity index is 439. The van der Waals surface area contributed by atoms with Gasteiger partial charge in [0.05, 0.1) is 0 Å². The van der Waals surface area contributed by atoms with E-state index in [-0.39, 0.29) is 0 Å². The van der Waals surface area contributed by atoms with Gasteiger partial charge in [-0.25, -0.2) is 4.98 Å². The van der Waals surface area contributed by atoms with Gasteiger partial charge in [-0.3, -0.25) is 4.90 Å². The van der Waals surface area contributed by atoms with Crippen LogP contribution in [0.2, 0.25) is 0 Å². The molecule has 0 saturated carbocycles. The summed E-state index contributed by atoms with van der Waals surface area (Å²) in [4.78, 5) is 6.31. The molecular weight excluding hydrogens is 218 g/mol. The zero-order valence-corrected chi connectivity index (χ0v) is 10.1. The van der Waals surface area contributed by atoms with Crippen molar-refractivity contribution in [2.75, 3.05) is 12.8 Å². The number of aromatic nitrogens is 1. The average Bonchev–Trinajstić information content (AvgIpc) is 2.74. The Morgan fingerprint density at radius 1 is 1.38 bits per heavy atom.